The summed E-state index contributed by atoms with van der Waals surface area (Å²) in [6, 6.07) is 6.18. The first kappa shape index (κ1) is 17.8. The summed E-state index contributed by atoms with van der Waals surface area (Å²) >= 11 is 12.3. The molecular weight excluding hydrogens is 289 g/mol. The minimum atomic E-state index is 0.348. The molecule has 0 radical (unpaired) electrons. The highest BCUT2D eigenvalue weighted by Crippen LogP contribution is 2.29. The van der Waals surface area contributed by atoms with E-state index in [1.165, 1.54) is 37.7 Å². The molecule has 0 saturated heterocycles. The molecule has 1 nitrogen and oxygen atoms in total. The Morgan fingerprint density at radius 1 is 1.00 bits per heavy atom. The lowest BCUT2D eigenvalue weighted by Crippen LogP contribution is -2.22. The minimum absolute atomic E-state index is 0.348. The Morgan fingerprint density at radius 3 is 2.40 bits per heavy atom. The second kappa shape index (κ2) is 10.5. The van der Waals surface area contributed by atoms with Crippen molar-refractivity contribution in [3.63, 3.8) is 0 Å². The van der Waals surface area contributed by atoms with Gasteiger partial charge in [-0.1, -0.05) is 75.2 Å². The average Bonchev–Trinajstić information content (AvgIpc) is 2.43. The molecule has 0 aliphatic carbocycles. The Bertz CT molecular complexity index is 379. The predicted octanol–water partition coefficient (Wildman–Crippen LogP) is 6.39. The van der Waals surface area contributed by atoms with E-state index in [0.717, 1.165) is 24.4 Å². The van der Waals surface area contributed by atoms with E-state index in [-0.39, 0.29) is 0 Å². The Balaban J connectivity index is 2.58. The van der Waals surface area contributed by atoms with E-state index < -0.39 is 0 Å². The number of hydrogen-bond acceptors (Lipinski definition) is 1. The fraction of sp³-hybridized carbons (Fsp3) is 0.647. The fourth-order valence-electron chi connectivity index (χ4n) is 2.42. The smallest absolute Gasteiger partial charge is 0.0468 e. The third kappa shape index (κ3) is 6.47. The maximum Gasteiger partial charge on any atom is 0.0468 e. The van der Waals surface area contributed by atoms with Gasteiger partial charge in [0, 0.05) is 16.1 Å². The second-order valence-corrected chi connectivity index (χ2v) is 6.22. The van der Waals surface area contributed by atoms with E-state index in [0.29, 0.717) is 11.1 Å². The molecule has 1 aromatic rings. The molecule has 3 heteroatoms. The highest BCUT2D eigenvalue weighted by atomic mass is 35.5. The lowest BCUT2D eigenvalue weighted by molar-refractivity contribution is 0.468. The molecule has 0 amide bonds. The first-order valence-electron chi connectivity index (χ1n) is 7.87. The summed E-state index contributed by atoms with van der Waals surface area (Å²) in [7, 11) is 0. The lowest BCUT2D eigenvalue weighted by atomic mass is 9.99. The zero-order chi connectivity index (χ0) is 14.8. The number of nitrogens with one attached hydrogen (secondary N) is 1. The van der Waals surface area contributed by atoms with Crippen molar-refractivity contribution >= 4 is 23.2 Å². The third-order valence-electron chi connectivity index (χ3n) is 3.58. The highest BCUT2D eigenvalue weighted by molar-refractivity contribution is 6.35. The number of benzene rings is 1. The van der Waals surface area contributed by atoms with Crippen molar-refractivity contribution in [3.8, 4) is 0 Å². The van der Waals surface area contributed by atoms with Crippen LogP contribution in [0, 0.1) is 0 Å². The number of unbranched alkanes of at least 4 members (excludes halogenated alkanes) is 4. The fourth-order valence-corrected chi connectivity index (χ4v) is 2.96. The molecule has 0 aromatic heterocycles. The summed E-state index contributed by atoms with van der Waals surface area (Å²) in [5.41, 5.74) is 1.18. The first-order valence-corrected chi connectivity index (χ1v) is 8.63. The molecule has 0 aliphatic heterocycles. The van der Waals surface area contributed by atoms with Gasteiger partial charge in [-0.15, -0.1) is 0 Å². The Labute approximate surface area is 134 Å². The van der Waals surface area contributed by atoms with Crippen molar-refractivity contribution in [1.29, 1.82) is 0 Å². The molecule has 1 aromatic carbocycles. The molecule has 0 fully saturated rings. The quantitative estimate of drug-likeness (QED) is 0.493. The van der Waals surface area contributed by atoms with Gasteiger partial charge in [0.1, 0.15) is 0 Å². The van der Waals surface area contributed by atoms with Crippen molar-refractivity contribution in [2.24, 2.45) is 0 Å². The number of halogens is 2. The van der Waals surface area contributed by atoms with Gasteiger partial charge in [-0.25, -0.2) is 0 Å². The van der Waals surface area contributed by atoms with Gasteiger partial charge in [-0.2, -0.15) is 0 Å². The van der Waals surface area contributed by atoms with Gasteiger partial charge in [0.15, 0.2) is 0 Å². The number of hydrogen-bond donors (Lipinski definition) is 1. The van der Waals surface area contributed by atoms with Gasteiger partial charge in [-0.3, -0.25) is 0 Å². The van der Waals surface area contributed by atoms with Crippen LogP contribution in [-0.4, -0.2) is 6.54 Å². The van der Waals surface area contributed by atoms with Crippen molar-refractivity contribution < 1.29 is 0 Å². The molecule has 0 heterocycles. The second-order valence-electron chi connectivity index (χ2n) is 5.38. The van der Waals surface area contributed by atoms with Crippen LogP contribution in [0.5, 0.6) is 0 Å². The zero-order valence-electron chi connectivity index (χ0n) is 12.7. The number of rotatable bonds is 10. The molecule has 114 valence electrons. The molecule has 0 aliphatic rings. The first-order chi connectivity index (χ1) is 9.69. The van der Waals surface area contributed by atoms with Crippen molar-refractivity contribution in [2.75, 3.05) is 6.54 Å². The Kier molecular flexibility index (Phi) is 9.33. The molecule has 0 spiro atoms. The van der Waals surface area contributed by atoms with Crippen LogP contribution in [-0.2, 0) is 0 Å². The average molecular weight is 316 g/mol. The Hall–Kier alpha value is -0.240. The molecule has 1 atom stereocenters. The summed E-state index contributed by atoms with van der Waals surface area (Å²) in [5.74, 6) is 0. The molecule has 0 bridgehead atoms. The molecule has 1 unspecified atom stereocenters. The maximum atomic E-state index is 6.34. The lowest BCUT2D eigenvalue weighted by Gasteiger charge is -2.20. The van der Waals surface area contributed by atoms with Crippen LogP contribution >= 0.6 is 23.2 Å². The van der Waals surface area contributed by atoms with Crippen LogP contribution in [0.3, 0.4) is 0 Å². The van der Waals surface area contributed by atoms with Crippen LogP contribution in [0.25, 0.3) is 0 Å². The maximum absolute atomic E-state index is 6.34. The highest BCUT2D eigenvalue weighted by Gasteiger charge is 2.14. The standard InChI is InChI=1S/C17H27Cl2N/c1-3-5-6-7-8-9-17(20-12-4-2)15-11-10-14(18)13-16(15)19/h10-11,13,17,20H,3-9,12H2,1-2H3. The summed E-state index contributed by atoms with van der Waals surface area (Å²) in [4.78, 5) is 0. The summed E-state index contributed by atoms with van der Waals surface area (Å²) < 4.78 is 0. The Morgan fingerprint density at radius 2 is 1.75 bits per heavy atom. The van der Waals surface area contributed by atoms with Gasteiger partial charge < -0.3 is 5.32 Å². The summed E-state index contributed by atoms with van der Waals surface area (Å²) in [6.07, 6.45) is 8.81. The summed E-state index contributed by atoms with van der Waals surface area (Å²) in [5, 5.41) is 5.09. The minimum Gasteiger partial charge on any atom is -0.310 e. The van der Waals surface area contributed by atoms with Gasteiger partial charge in [0.25, 0.3) is 0 Å². The SMILES string of the molecule is CCCCCCCC(NCCC)c1ccc(Cl)cc1Cl. The molecule has 20 heavy (non-hydrogen) atoms. The third-order valence-corrected chi connectivity index (χ3v) is 4.14. The van der Waals surface area contributed by atoms with Crippen LogP contribution < -0.4 is 5.32 Å². The van der Waals surface area contributed by atoms with E-state index in [4.69, 9.17) is 23.2 Å². The van der Waals surface area contributed by atoms with Crippen LogP contribution in [0.2, 0.25) is 10.0 Å². The van der Waals surface area contributed by atoms with E-state index in [9.17, 15) is 0 Å². The van der Waals surface area contributed by atoms with E-state index in [1.807, 2.05) is 12.1 Å². The zero-order valence-corrected chi connectivity index (χ0v) is 14.2. The van der Waals surface area contributed by atoms with Crippen molar-refractivity contribution in [1.82, 2.24) is 5.32 Å². The van der Waals surface area contributed by atoms with Gasteiger partial charge in [0.2, 0.25) is 0 Å². The normalized spacial score (nSPS) is 12.6. The molecule has 1 N–H and O–H groups in total. The van der Waals surface area contributed by atoms with Crippen LogP contribution in [0.1, 0.15) is 70.4 Å². The predicted molar refractivity (Wildman–Crippen MR) is 90.9 cm³/mol. The van der Waals surface area contributed by atoms with Crippen molar-refractivity contribution in [3.05, 3.63) is 33.8 Å². The van der Waals surface area contributed by atoms with E-state index >= 15 is 0 Å². The summed E-state index contributed by atoms with van der Waals surface area (Å²) in [6.45, 7) is 5.46. The molecule has 1 rings (SSSR count). The van der Waals surface area contributed by atoms with Crippen molar-refractivity contribution in [2.45, 2.75) is 64.8 Å². The molecular formula is C17H27Cl2N. The topological polar surface area (TPSA) is 12.0 Å². The van der Waals surface area contributed by atoms with Gasteiger partial charge in [0.05, 0.1) is 0 Å². The van der Waals surface area contributed by atoms with E-state index in [1.54, 1.807) is 0 Å². The van der Waals surface area contributed by atoms with E-state index in [2.05, 4.69) is 25.2 Å². The van der Waals surface area contributed by atoms with Crippen LogP contribution in [0.4, 0.5) is 0 Å². The monoisotopic (exact) mass is 315 g/mol. The largest absolute Gasteiger partial charge is 0.310 e. The van der Waals surface area contributed by atoms with Crippen LogP contribution in [0.15, 0.2) is 18.2 Å². The van der Waals surface area contributed by atoms with Gasteiger partial charge >= 0.3 is 0 Å². The molecule has 0 saturated carbocycles. The van der Waals surface area contributed by atoms with Gasteiger partial charge in [-0.05, 0) is 37.1 Å².